The Bertz CT molecular complexity index is 773. The number of nitrogens with one attached hydrogen (secondary N) is 1. The Morgan fingerprint density at radius 2 is 2.17 bits per heavy atom. The molecule has 0 aliphatic carbocycles. The van der Waals surface area contributed by atoms with Gasteiger partial charge in [-0.2, -0.15) is 5.10 Å². The molecule has 1 amide bonds. The van der Waals surface area contributed by atoms with Crippen LogP contribution in [0.1, 0.15) is 29.5 Å². The Morgan fingerprint density at radius 3 is 2.83 bits per heavy atom. The van der Waals surface area contributed by atoms with Crippen LogP contribution in [-0.2, 0) is 0 Å². The molecule has 0 aliphatic heterocycles. The number of aliphatic hydroxyl groups is 1. The monoisotopic (exact) mass is 335 g/mol. The highest BCUT2D eigenvalue weighted by atomic mass is 35.5. The number of aromatic nitrogens is 2. The lowest BCUT2D eigenvalue weighted by Crippen LogP contribution is -2.37. The molecule has 0 aliphatic rings. The fourth-order valence-electron chi connectivity index (χ4n) is 2.13. The van der Waals surface area contributed by atoms with Gasteiger partial charge in [-0.1, -0.05) is 17.7 Å². The number of carbonyl (C=O) groups is 1. The Kier molecular flexibility index (Phi) is 5.52. The number of hydrogen-bond donors (Lipinski definition) is 2. The second kappa shape index (κ2) is 7.39. The zero-order chi connectivity index (χ0) is 17.0. The molecule has 23 heavy (non-hydrogen) atoms. The van der Waals surface area contributed by atoms with Crippen molar-refractivity contribution in [2.75, 3.05) is 6.61 Å². The molecule has 0 fully saturated rings. The van der Waals surface area contributed by atoms with E-state index in [1.165, 1.54) is 10.7 Å². The molecule has 1 unspecified atom stereocenters. The van der Waals surface area contributed by atoms with Crippen LogP contribution in [0.2, 0.25) is 5.02 Å². The zero-order valence-electron chi connectivity index (χ0n) is 12.9. The van der Waals surface area contributed by atoms with E-state index in [1.54, 1.807) is 38.1 Å². The molecule has 2 rings (SSSR count). The first-order chi connectivity index (χ1) is 10.9. The summed E-state index contributed by atoms with van der Waals surface area (Å²) in [7, 11) is 0. The predicted molar refractivity (Wildman–Crippen MR) is 88.2 cm³/mol. The van der Waals surface area contributed by atoms with Crippen molar-refractivity contribution in [1.82, 2.24) is 15.1 Å². The Labute approximate surface area is 138 Å². The first-order valence-corrected chi connectivity index (χ1v) is 7.59. The van der Waals surface area contributed by atoms with Gasteiger partial charge in [0.15, 0.2) is 5.69 Å². The van der Waals surface area contributed by atoms with Crippen LogP contribution < -0.4 is 10.7 Å². The maximum atomic E-state index is 12.2. The summed E-state index contributed by atoms with van der Waals surface area (Å²) < 4.78 is 1.50. The van der Waals surface area contributed by atoms with Crippen LogP contribution in [0.5, 0.6) is 0 Å². The van der Waals surface area contributed by atoms with E-state index in [-0.39, 0.29) is 18.3 Å². The van der Waals surface area contributed by atoms with E-state index < -0.39 is 11.3 Å². The molecular formula is C16H18ClN3O3. The number of nitrogens with zero attached hydrogens (tertiary/aromatic N) is 2. The van der Waals surface area contributed by atoms with Crippen molar-refractivity contribution in [2.24, 2.45) is 0 Å². The number of hydrogen-bond acceptors (Lipinski definition) is 4. The molecule has 0 spiro atoms. The normalized spacial score (nSPS) is 12.0. The summed E-state index contributed by atoms with van der Waals surface area (Å²) in [6.07, 6.45) is 0.403. The first-order valence-electron chi connectivity index (χ1n) is 7.21. The fourth-order valence-corrected chi connectivity index (χ4v) is 2.32. The molecule has 7 heteroatoms. The molecule has 1 heterocycles. The minimum Gasteiger partial charge on any atom is -0.396 e. The lowest BCUT2D eigenvalue weighted by Gasteiger charge is -2.14. The van der Waals surface area contributed by atoms with Crippen molar-refractivity contribution in [1.29, 1.82) is 0 Å². The lowest BCUT2D eigenvalue weighted by molar-refractivity contribution is 0.0926. The SMILES string of the molecule is Cc1cc(=O)c(C(=O)NC(C)CCO)nn1-c1cccc(Cl)c1. The standard InChI is InChI=1S/C16H18ClN3O3/c1-10(6-7-21)18-16(23)15-14(22)8-11(2)20(19-15)13-5-3-4-12(17)9-13/h3-5,8-10,21H,6-7H2,1-2H3,(H,18,23). The molecule has 1 atom stereocenters. The van der Waals surface area contributed by atoms with Crippen LogP contribution in [0.15, 0.2) is 35.1 Å². The summed E-state index contributed by atoms with van der Waals surface area (Å²) in [5.74, 6) is -0.563. The number of aryl methyl sites for hydroxylation is 1. The van der Waals surface area contributed by atoms with Crippen LogP contribution in [-0.4, -0.2) is 33.4 Å². The molecule has 2 aromatic rings. The van der Waals surface area contributed by atoms with Crippen molar-refractivity contribution in [3.63, 3.8) is 0 Å². The van der Waals surface area contributed by atoms with Crippen LogP contribution in [0.4, 0.5) is 0 Å². The van der Waals surface area contributed by atoms with Crippen molar-refractivity contribution in [2.45, 2.75) is 26.3 Å². The van der Waals surface area contributed by atoms with Gasteiger partial charge in [-0.25, -0.2) is 4.68 Å². The smallest absolute Gasteiger partial charge is 0.276 e. The lowest BCUT2D eigenvalue weighted by atomic mass is 10.2. The molecular weight excluding hydrogens is 318 g/mol. The average molecular weight is 336 g/mol. The quantitative estimate of drug-likeness (QED) is 0.871. The van der Waals surface area contributed by atoms with Gasteiger partial charge < -0.3 is 10.4 Å². The van der Waals surface area contributed by atoms with Gasteiger partial charge in [0.1, 0.15) is 0 Å². The zero-order valence-corrected chi connectivity index (χ0v) is 13.7. The van der Waals surface area contributed by atoms with E-state index in [0.29, 0.717) is 22.8 Å². The van der Waals surface area contributed by atoms with E-state index in [4.69, 9.17) is 16.7 Å². The Balaban J connectivity index is 2.40. The molecule has 2 N–H and O–H groups in total. The van der Waals surface area contributed by atoms with E-state index in [0.717, 1.165) is 0 Å². The highest BCUT2D eigenvalue weighted by Gasteiger charge is 2.17. The van der Waals surface area contributed by atoms with Crippen LogP contribution in [0, 0.1) is 6.92 Å². The van der Waals surface area contributed by atoms with Crippen molar-refractivity contribution in [3.05, 3.63) is 57.0 Å². The minimum absolute atomic E-state index is 0.0461. The number of rotatable bonds is 5. The summed E-state index contributed by atoms with van der Waals surface area (Å²) in [6.45, 7) is 3.43. The summed E-state index contributed by atoms with van der Waals surface area (Å²) in [5, 5.41) is 16.2. The summed E-state index contributed by atoms with van der Waals surface area (Å²) >= 11 is 5.98. The highest BCUT2D eigenvalue weighted by molar-refractivity contribution is 6.30. The van der Waals surface area contributed by atoms with E-state index in [9.17, 15) is 9.59 Å². The molecule has 0 radical (unpaired) electrons. The van der Waals surface area contributed by atoms with Gasteiger partial charge in [0.2, 0.25) is 5.43 Å². The molecule has 0 saturated carbocycles. The van der Waals surface area contributed by atoms with Gasteiger partial charge in [0.25, 0.3) is 5.91 Å². The highest BCUT2D eigenvalue weighted by Crippen LogP contribution is 2.15. The summed E-state index contributed by atoms with van der Waals surface area (Å²) in [4.78, 5) is 24.3. The van der Waals surface area contributed by atoms with E-state index in [1.807, 2.05) is 0 Å². The number of benzene rings is 1. The molecule has 0 saturated heterocycles. The number of halogens is 1. The average Bonchev–Trinajstić information content (AvgIpc) is 2.47. The van der Waals surface area contributed by atoms with Gasteiger partial charge in [0.05, 0.1) is 5.69 Å². The van der Waals surface area contributed by atoms with Crippen molar-refractivity contribution in [3.8, 4) is 5.69 Å². The second-order valence-electron chi connectivity index (χ2n) is 5.28. The number of carbonyl (C=O) groups excluding carboxylic acids is 1. The van der Waals surface area contributed by atoms with E-state index in [2.05, 4.69) is 10.4 Å². The van der Waals surface area contributed by atoms with Crippen molar-refractivity contribution < 1.29 is 9.90 Å². The van der Waals surface area contributed by atoms with Gasteiger partial charge >= 0.3 is 0 Å². The number of aliphatic hydroxyl groups excluding tert-OH is 1. The van der Waals surface area contributed by atoms with Crippen molar-refractivity contribution >= 4 is 17.5 Å². The third kappa shape index (κ3) is 4.18. The summed E-state index contributed by atoms with van der Waals surface area (Å²) in [6, 6.07) is 8.08. The fraction of sp³-hybridized carbons (Fsp3) is 0.312. The molecule has 122 valence electrons. The summed E-state index contributed by atoms with van der Waals surface area (Å²) in [5.41, 5.74) is 0.611. The van der Waals surface area contributed by atoms with Gasteiger partial charge in [-0.3, -0.25) is 9.59 Å². The minimum atomic E-state index is -0.563. The Morgan fingerprint density at radius 1 is 1.43 bits per heavy atom. The molecule has 1 aromatic carbocycles. The van der Waals surface area contributed by atoms with Crippen LogP contribution in [0.25, 0.3) is 5.69 Å². The maximum absolute atomic E-state index is 12.2. The predicted octanol–water partition coefficient (Wildman–Crippen LogP) is 1.70. The third-order valence-electron chi connectivity index (χ3n) is 3.31. The van der Waals surface area contributed by atoms with Gasteiger partial charge in [0, 0.05) is 29.4 Å². The van der Waals surface area contributed by atoms with Gasteiger partial charge in [-0.05, 0) is 38.5 Å². The molecule has 6 nitrogen and oxygen atoms in total. The maximum Gasteiger partial charge on any atom is 0.276 e. The van der Waals surface area contributed by atoms with Crippen LogP contribution in [0.3, 0.4) is 0 Å². The topological polar surface area (TPSA) is 84.2 Å². The van der Waals surface area contributed by atoms with E-state index >= 15 is 0 Å². The molecule has 0 bridgehead atoms. The third-order valence-corrected chi connectivity index (χ3v) is 3.55. The Hall–Kier alpha value is -2.18. The van der Waals surface area contributed by atoms with Crippen LogP contribution >= 0.6 is 11.6 Å². The molecule has 1 aromatic heterocycles. The largest absolute Gasteiger partial charge is 0.396 e. The van der Waals surface area contributed by atoms with Gasteiger partial charge in [-0.15, -0.1) is 0 Å². The first kappa shape index (κ1) is 17.2. The number of amides is 1. The second-order valence-corrected chi connectivity index (χ2v) is 5.71.